The minimum Gasteiger partial charge on any atom is -0.387 e. The van der Waals surface area contributed by atoms with E-state index in [0.29, 0.717) is 6.10 Å². The van der Waals surface area contributed by atoms with Gasteiger partial charge in [0, 0.05) is 12.8 Å². The summed E-state index contributed by atoms with van der Waals surface area (Å²) >= 11 is 0. The van der Waals surface area contributed by atoms with Crippen molar-refractivity contribution in [2.24, 2.45) is 0 Å². The van der Waals surface area contributed by atoms with E-state index in [1.54, 1.807) is 6.20 Å². The molecule has 1 aliphatic heterocycles. The maximum absolute atomic E-state index is 10.2. The molecule has 1 aromatic rings. The van der Waals surface area contributed by atoms with E-state index >= 15 is 0 Å². The van der Waals surface area contributed by atoms with Crippen LogP contribution in [0.15, 0.2) is 18.3 Å². The van der Waals surface area contributed by atoms with E-state index in [1.165, 1.54) is 12.8 Å². The van der Waals surface area contributed by atoms with Crippen molar-refractivity contribution in [1.82, 2.24) is 4.98 Å². The first kappa shape index (κ1) is 13.5. The first-order chi connectivity index (χ1) is 8.81. The normalized spacial score (nSPS) is 21.1. The molecule has 2 atom stereocenters. The molecule has 0 spiro atoms. The Bertz CT molecular complexity index is 361. The molecular formula is C15H23NO2. The van der Waals surface area contributed by atoms with E-state index in [-0.39, 0.29) is 0 Å². The van der Waals surface area contributed by atoms with Crippen molar-refractivity contribution >= 4 is 0 Å². The molecule has 0 radical (unpaired) electrons. The van der Waals surface area contributed by atoms with E-state index in [1.807, 2.05) is 12.1 Å². The highest BCUT2D eigenvalue weighted by Crippen LogP contribution is 2.24. The van der Waals surface area contributed by atoms with E-state index in [0.717, 1.165) is 43.5 Å². The van der Waals surface area contributed by atoms with Gasteiger partial charge in [0.2, 0.25) is 0 Å². The number of rotatable bonds is 6. The van der Waals surface area contributed by atoms with Gasteiger partial charge in [-0.3, -0.25) is 4.98 Å². The van der Waals surface area contributed by atoms with Gasteiger partial charge in [-0.25, -0.2) is 0 Å². The van der Waals surface area contributed by atoms with Gasteiger partial charge in [0.15, 0.2) is 0 Å². The number of aromatic nitrogens is 1. The minimum atomic E-state index is -0.428. The second kappa shape index (κ2) is 6.86. The summed E-state index contributed by atoms with van der Waals surface area (Å²) in [5.41, 5.74) is 2.01. The van der Waals surface area contributed by atoms with Crippen LogP contribution in [0.4, 0.5) is 0 Å². The van der Waals surface area contributed by atoms with Crippen LogP contribution in [0.2, 0.25) is 0 Å². The highest BCUT2D eigenvalue weighted by Gasteiger charge is 2.17. The van der Waals surface area contributed by atoms with Crippen LogP contribution in [0, 0.1) is 0 Å². The summed E-state index contributed by atoms with van der Waals surface area (Å²) in [6, 6.07) is 3.98. The van der Waals surface area contributed by atoms with Crippen molar-refractivity contribution in [2.45, 2.75) is 57.7 Å². The Kier molecular flexibility index (Phi) is 5.14. The maximum Gasteiger partial charge on any atom is 0.0962 e. The fourth-order valence-electron chi connectivity index (χ4n) is 2.60. The molecule has 0 bridgehead atoms. The zero-order valence-corrected chi connectivity index (χ0v) is 11.1. The molecule has 0 amide bonds. The molecule has 18 heavy (non-hydrogen) atoms. The number of hydrogen-bond acceptors (Lipinski definition) is 3. The Labute approximate surface area is 109 Å². The van der Waals surface area contributed by atoms with E-state index in [2.05, 4.69) is 11.9 Å². The van der Waals surface area contributed by atoms with Gasteiger partial charge < -0.3 is 9.84 Å². The second-order valence-electron chi connectivity index (χ2n) is 4.98. The van der Waals surface area contributed by atoms with Gasteiger partial charge in [-0.05, 0) is 50.2 Å². The average Bonchev–Trinajstić information content (AvgIpc) is 2.91. The molecule has 1 fully saturated rings. The third-order valence-corrected chi connectivity index (χ3v) is 3.65. The lowest BCUT2D eigenvalue weighted by Crippen LogP contribution is -2.08. The van der Waals surface area contributed by atoms with Crippen molar-refractivity contribution in [3.05, 3.63) is 29.6 Å². The van der Waals surface area contributed by atoms with Crippen LogP contribution in [0.1, 0.15) is 56.4 Å². The Balaban J connectivity index is 1.81. The lowest BCUT2D eigenvalue weighted by atomic mass is 10.0. The Hall–Kier alpha value is -0.930. The van der Waals surface area contributed by atoms with Gasteiger partial charge in [-0.2, -0.15) is 0 Å². The van der Waals surface area contributed by atoms with Gasteiger partial charge in [0.25, 0.3) is 0 Å². The molecule has 100 valence electrons. The zero-order chi connectivity index (χ0) is 12.8. The molecule has 0 aliphatic carbocycles. The summed E-state index contributed by atoms with van der Waals surface area (Å²) in [6.07, 6.45) is 7.90. The first-order valence-corrected chi connectivity index (χ1v) is 7.04. The molecule has 0 aromatic carbocycles. The minimum absolute atomic E-state index is 0.423. The molecule has 3 heteroatoms. The summed E-state index contributed by atoms with van der Waals surface area (Å²) in [6.45, 7) is 3.01. The van der Waals surface area contributed by atoms with Crippen molar-refractivity contribution in [1.29, 1.82) is 0 Å². The van der Waals surface area contributed by atoms with Gasteiger partial charge >= 0.3 is 0 Å². The lowest BCUT2D eigenvalue weighted by Gasteiger charge is -2.14. The van der Waals surface area contributed by atoms with Crippen LogP contribution in [0.25, 0.3) is 0 Å². The molecule has 2 rings (SSSR count). The first-order valence-electron chi connectivity index (χ1n) is 7.04. The number of ether oxygens (including phenoxy) is 1. The number of pyridine rings is 1. The van der Waals surface area contributed by atoms with Crippen LogP contribution in [0.3, 0.4) is 0 Å². The largest absolute Gasteiger partial charge is 0.387 e. The number of nitrogens with zero attached hydrogens (tertiary/aromatic N) is 1. The molecule has 1 saturated heterocycles. The van der Waals surface area contributed by atoms with Gasteiger partial charge in [0.05, 0.1) is 17.9 Å². The SMILES string of the molecule is CCc1cccnc1C(O)CCCC1CCCO1. The van der Waals surface area contributed by atoms with E-state index in [4.69, 9.17) is 4.74 Å². The fraction of sp³-hybridized carbons (Fsp3) is 0.667. The predicted octanol–water partition coefficient (Wildman–Crippen LogP) is 3.03. The number of aliphatic hydroxyl groups excluding tert-OH is 1. The predicted molar refractivity (Wildman–Crippen MR) is 71.4 cm³/mol. The molecule has 2 unspecified atom stereocenters. The molecular weight excluding hydrogens is 226 g/mol. The third-order valence-electron chi connectivity index (χ3n) is 3.65. The monoisotopic (exact) mass is 249 g/mol. The average molecular weight is 249 g/mol. The topological polar surface area (TPSA) is 42.4 Å². The second-order valence-corrected chi connectivity index (χ2v) is 4.98. The van der Waals surface area contributed by atoms with Crippen LogP contribution in [-0.4, -0.2) is 22.8 Å². The molecule has 1 aliphatic rings. The van der Waals surface area contributed by atoms with Crippen LogP contribution >= 0.6 is 0 Å². The highest BCUT2D eigenvalue weighted by molar-refractivity contribution is 5.21. The number of aryl methyl sites for hydroxylation is 1. The van der Waals surface area contributed by atoms with Crippen molar-refractivity contribution in [2.75, 3.05) is 6.61 Å². The van der Waals surface area contributed by atoms with Crippen molar-refractivity contribution < 1.29 is 9.84 Å². The summed E-state index contributed by atoms with van der Waals surface area (Å²) in [5.74, 6) is 0. The van der Waals surface area contributed by atoms with Crippen LogP contribution < -0.4 is 0 Å². The van der Waals surface area contributed by atoms with Gasteiger partial charge in [-0.15, -0.1) is 0 Å². The molecule has 1 N–H and O–H groups in total. The molecule has 3 nitrogen and oxygen atoms in total. The van der Waals surface area contributed by atoms with E-state index < -0.39 is 6.10 Å². The third kappa shape index (κ3) is 3.53. The maximum atomic E-state index is 10.2. The van der Waals surface area contributed by atoms with Crippen LogP contribution in [-0.2, 0) is 11.2 Å². The molecule has 0 saturated carbocycles. The Morgan fingerprint density at radius 2 is 2.44 bits per heavy atom. The standard InChI is InChI=1S/C15H23NO2/c1-2-12-6-4-10-16-15(12)14(17)9-3-7-13-8-5-11-18-13/h4,6,10,13-14,17H,2-3,5,7-9,11H2,1H3. The van der Waals surface area contributed by atoms with Gasteiger partial charge in [-0.1, -0.05) is 13.0 Å². The summed E-state index contributed by atoms with van der Waals surface area (Å²) < 4.78 is 5.59. The number of aliphatic hydroxyl groups is 1. The zero-order valence-electron chi connectivity index (χ0n) is 11.1. The van der Waals surface area contributed by atoms with Crippen molar-refractivity contribution in [3.8, 4) is 0 Å². The van der Waals surface area contributed by atoms with Crippen LogP contribution in [0.5, 0.6) is 0 Å². The Morgan fingerprint density at radius 1 is 1.56 bits per heavy atom. The lowest BCUT2D eigenvalue weighted by molar-refractivity contribution is 0.0938. The van der Waals surface area contributed by atoms with Crippen molar-refractivity contribution in [3.63, 3.8) is 0 Å². The Morgan fingerprint density at radius 3 is 3.17 bits per heavy atom. The summed E-state index contributed by atoms with van der Waals surface area (Å²) in [5, 5.41) is 10.2. The highest BCUT2D eigenvalue weighted by atomic mass is 16.5. The van der Waals surface area contributed by atoms with Gasteiger partial charge in [0.1, 0.15) is 0 Å². The summed E-state index contributed by atoms with van der Waals surface area (Å²) in [7, 11) is 0. The number of hydrogen-bond donors (Lipinski definition) is 1. The fourth-order valence-corrected chi connectivity index (χ4v) is 2.60. The molecule has 2 heterocycles. The molecule has 1 aromatic heterocycles. The smallest absolute Gasteiger partial charge is 0.0962 e. The quantitative estimate of drug-likeness (QED) is 0.842. The summed E-state index contributed by atoms with van der Waals surface area (Å²) in [4.78, 5) is 4.32. The van der Waals surface area contributed by atoms with E-state index in [9.17, 15) is 5.11 Å².